The summed E-state index contributed by atoms with van der Waals surface area (Å²) in [6.45, 7) is 0. The molecule has 1 saturated carbocycles. The third kappa shape index (κ3) is 3.20. The number of rotatable bonds is 3. The van der Waals surface area contributed by atoms with Crippen molar-refractivity contribution >= 4 is 11.9 Å². The second kappa shape index (κ2) is 5.82. The van der Waals surface area contributed by atoms with Gasteiger partial charge < -0.3 is 10.2 Å². The lowest BCUT2D eigenvalue weighted by Crippen LogP contribution is -2.16. The summed E-state index contributed by atoms with van der Waals surface area (Å²) in [4.78, 5) is 14.4. The van der Waals surface area contributed by atoms with Crippen molar-refractivity contribution in [3.63, 3.8) is 0 Å². The van der Waals surface area contributed by atoms with E-state index in [0.717, 1.165) is 18.4 Å². The van der Waals surface area contributed by atoms with Crippen LogP contribution in [0.4, 0.5) is 10.6 Å². The van der Waals surface area contributed by atoms with E-state index < -0.39 is 12.2 Å². The third-order valence-corrected chi connectivity index (χ3v) is 3.46. The average Bonchev–Trinajstić information content (AvgIpc) is 2.39. The highest BCUT2D eigenvalue weighted by molar-refractivity contribution is 5.81. The van der Waals surface area contributed by atoms with E-state index >= 15 is 0 Å². The zero-order valence-electron chi connectivity index (χ0n) is 10.2. The molecule has 1 aliphatic rings. The van der Waals surface area contributed by atoms with Crippen LogP contribution < -0.4 is 5.32 Å². The van der Waals surface area contributed by atoms with Crippen molar-refractivity contribution in [2.75, 3.05) is 5.32 Å². The molecule has 1 amide bonds. The van der Waals surface area contributed by atoms with Gasteiger partial charge in [0.15, 0.2) is 0 Å². The minimum atomic E-state index is -1.14. The molecule has 5 heteroatoms. The Kier molecular flexibility index (Phi) is 4.15. The van der Waals surface area contributed by atoms with Gasteiger partial charge in [0, 0.05) is 6.20 Å². The maximum atomic E-state index is 10.4. The van der Waals surface area contributed by atoms with E-state index in [1.54, 1.807) is 18.3 Å². The molecule has 0 saturated heterocycles. The Morgan fingerprint density at radius 3 is 2.61 bits per heavy atom. The Bertz CT molecular complexity index is 399. The molecule has 1 fully saturated rings. The first-order valence-corrected chi connectivity index (χ1v) is 6.31. The first-order valence-electron chi connectivity index (χ1n) is 6.31. The van der Waals surface area contributed by atoms with Crippen LogP contribution in [0.15, 0.2) is 18.3 Å². The molecule has 0 aliphatic heterocycles. The Morgan fingerprint density at radius 1 is 1.33 bits per heavy atom. The predicted molar refractivity (Wildman–Crippen MR) is 67.4 cm³/mol. The maximum Gasteiger partial charge on any atom is 0.410 e. The largest absolute Gasteiger partial charge is 0.465 e. The summed E-state index contributed by atoms with van der Waals surface area (Å²) in [6.07, 6.45) is 5.63. The zero-order valence-corrected chi connectivity index (χ0v) is 10.2. The Labute approximate surface area is 106 Å². The van der Waals surface area contributed by atoms with Gasteiger partial charge >= 0.3 is 6.09 Å². The number of anilines is 1. The van der Waals surface area contributed by atoms with Gasteiger partial charge in [-0.1, -0.05) is 25.3 Å². The van der Waals surface area contributed by atoms with Gasteiger partial charge in [-0.2, -0.15) is 0 Å². The molecule has 3 N–H and O–H groups in total. The molecule has 98 valence electrons. The molecule has 0 radical (unpaired) electrons. The van der Waals surface area contributed by atoms with Gasteiger partial charge in [0.05, 0.1) is 6.10 Å². The first-order chi connectivity index (χ1) is 8.66. The van der Waals surface area contributed by atoms with Gasteiger partial charge in [-0.3, -0.25) is 5.32 Å². The summed E-state index contributed by atoms with van der Waals surface area (Å²) in [5, 5.41) is 21.0. The second-order valence-electron chi connectivity index (χ2n) is 4.75. The topological polar surface area (TPSA) is 82.5 Å². The molecule has 0 bridgehead atoms. The van der Waals surface area contributed by atoms with E-state index in [4.69, 9.17) is 5.11 Å². The number of amides is 1. The van der Waals surface area contributed by atoms with Crippen molar-refractivity contribution in [3.8, 4) is 0 Å². The number of aromatic nitrogens is 1. The second-order valence-corrected chi connectivity index (χ2v) is 4.75. The highest BCUT2D eigenvalue weighted by Crippen LogP contribution is 2.34. The van der Waals surface area contributed by atoms with Gasteiger partial charge in [0.25, 0.3) is 0 Å². The van der Waals surface area contributed by atoms with Crippen molar-refractivity contribution in [1.29, 1.82) is 0 Å². The molecule has 1 aromatic rings. The molecule has 18 heavy (non-hydrogen) atoms. The van der Waals surface area contributed by atoms with E-state index in [2.05, 4.69) is 10.3 Å². The van der Waals surface area contributed by atoms with Crippen LogP contribution in [0.2, 0.25) is 0 Å². The van der Waals surface area contributed by atoms with Crippen LogP contribution in [0.1, 0.15) is 43.8 Å². The monoisotopic (exact) mass is 250 g/mol. The molecular formula is C13H18N2O3. The number of nitrogens with zero attached hydrogens (tertiary/aromatic N) is 1. The average molecular weight is 250 g/mol. The van der Waals surface area contributed by atoms with Crippen LogP contribution in [0, 0.1) is 5.92 Å². The fourth-order valence-electron chi connectivity index (χ4n) is 2.49. The summed E-state index contributed by atoms with van der Waals surface area (Å²) < 4.78 is 0. The van der Waals surface area contributed by atoms with Crippen LogP contribution in [0.25, 0.3) is 0 Å². The fourth-order valence-corrected chi connectivity index (χ4v) is 2.49. The van der Waals surface area contributed by atoms with Gasteiger partial charge in [0.1, 0.15) is 5.82 Å². The molecule has 5 nitrogen and oxygen atoms in total. The van der Waals surface area contributed by atoms with Crippen molar-refractivity contribution in [3.05, 3.63) is 23.9 Å². The lowest BCUT2D eigenvalue weighted by Gasteiger charge is -2.26. The Hall–Kier alpha value is -1.62. The van der Waals surface area contributed by atoms with Crippen LogP contribution in [-0.4, -0.2) is 21.3 Å². The number of pyridine rings is 1. The lowest BCUT2D eigenvalue weighted by molar-refractivity contribution is 0.0846. The summed E-state index contributed by atoms with van der Waals surface area (Å²) in [5.41, 5.74) is 0.762. The standard InChI is InChI=1S/C13H18N2O3/c16-12(9-4-2-1-3-5-9)10-6-7-11(14-8-10)15-13(17)18/h6-9,12,16H,1-5H2,(H,14,15)(H,17,18). The van der Waals surface area contributed by atoms with Crippen molar-refractivity contribution < 1.29 is 15.0 Å². The van der Waals surface area contributed by atoms with Crippen molar-refractivity contribution in [1.82, 2.24) is 4.98 Å². The number of hydrogen-bond donors (Lipinski definition) is 3. The molecule has 1 heterocycles. The normalized spacial score (nSPS) is 18.3. The van der Waals surface area contributed by atoms with Gasteiger partial charge in [-0.15, -0.1) is 0 Å². The minimum absolute atomic E-state index is 0.280. The zero-order chi connectivity index (χ0) is 13.0. The molecule has 0 spiro atoms. The predicted octanol–water partition coefficient (Wildman–Crippen LogP) is 2.79. The third-order valence-electron chi connectivity index (χ3n) is 3.46. The van der Waals surface area contributed by atoms with Gasteiger partial charge in [0.2, 0.25) is 0 Å². The molecule has 1 unspecified atom stereocenters. The van der Waals surface area contributed by atoms with E-state index in [1.165, 1.54) is 19.3 Å². The molecular weight excluding hydrogens is 232 g/mol. The number of aliphatic hydroxyl groups excluding tert-OH is 1. The van der Waals surface area contributed by atoms with E-state index in [9.17, 15) is 9.90 Å². The quantitative estimate of drug-likeness (QED) is 0.770. The first kappa shape index (κ1) is 12.8. The number of nitrogens with one attached hydrogen (secondary N) is 1. The molecule has 1 aromatic heterocycles. The van der Waals surface area contributed by atoms with Crippen LogP contribution in [-0.2, 0) is 0 Å². The molecule has 1 aliphatic carbocycles. The summed E-state index contributed by atoms with van der Waals surface area (Å²) >= 11 is 0. The van der Waals surface area contributed by atoms with Crippen molar-refractivity contribution in [2.45, 2.75) is 38.2 Å². The fraction of sp³-hybridized carbons (Fsp3) is 0.538. The van der Waals surface area contributed by atoms with E-state index in [1.807, 2.05) is 0 Å². The molecule has 0 aromatic carbocycles. The van der Waals surface area contributed by atoms with Crippen molar-refractivity contribution in [2.24, 2.45) is 5.92 Å². The van der Waals surface area contributed by atoms with Crippen LogP contribution >= 0.6 is 0 Å². The van der Waals surface area contributed by atoms with E-state index in [-0.39, 0.29) is 5.82 Å². The Morgan fingerprint density at radius 2 is 2.06 bits per heavy atom. The number of hydrogen-bond acceptors (Lipinski definition) is 3. The highest BCUT2D eigenvalue weighted by Gasteiger charge is 2.23. The number of aliphatic hydroxyl groups is 1. The smallest absolute Gasteiger partial charge is 0.410 e. The minimum Gasteiger partial charge on any atom is -0.465 e. The van der Waals surface area contributed by atoms with Gasteiger partial charge in [-0.25, -0.2) is 9.78 Å². The molecule has 2 rings (SSSR count). The summed E-state index contributed by atoms with van der Waals surface area (Å²) in [6, 6.07) is 3.31. The number of carbonyl (C=O) groups is 1. The van der Waals surface area contributed by atoms with E-state index in [0.29, 0.717) is 5.92 Å². The van der Waals surface area contributed by atoms with Crippen LogP contribution in [0.5, 0.6) is 0 Å². The van der Waals surface area contributed by atoms with Crippen LogP contribution in [0.3, 0.4) is 0 Å². The molecule has 1 atom stereocenters. The van der Waals surface area contributed by atoms with Gasteiger partial charge in [-0.05, 0) is 30.4 Å². The lowest BCUT2D eigenvalue weighted by atomic mass is 9.83. The summed E-state index contributed by atoms with van der Waals surface area (Å²) in [5.74, 6) is 0.584. The maximum absolute atomic E-state index is 10.4. The summed E-state index contributed by atoms with van der Waals surface area (Å²) in [7, 11) is 0. The Balaban J connectivity index is 2.01. The SMILES string of the molecule is O=C(O)Nc1ccc(C(O)C2CCCCC2)cn1. The highest BCUT2D eigenvalue weighted by atomic mass is 16.4. The number of carboxylic acid groups (broad SMARTS) is 1.